The molecular weight excluding hydrogens is 420 g/mol. The van der Waals surface area contributed by atoms with Crippen LogP contribution in [-0.2, 0) is 11.2 Å². The molecule has 1 unspecified atom stereocenters. The normalized spacial score (nSPS) is 15.2. The van der Waals surface area contributed by atoms with E-state index in [-0.39, 0.29) is 12.1 Å². The maximum atomic E-state index is 13.3. The van der Waals surface area contributed by atoms with E-state index in [0.29, 0.717) is 35.0 Å². The number of urea groups is 1. The van der Waals surface area contributed by atoms with Gasteiger partial charge in [-0.2, -0.15) is 0 Å². The number of rotatable bonds is 4. The summed E-state index contributed by atoms with van der Waals surface area (Å²) in [7, 11) is 2.80. The molecule has 2 heterocycles. The lowest BCUT2D eigenvalue weighted by Crippen LogP contribution is -2.43. The molecule has 4 rings (SSSR count). The number of imidazole rings is 1. The SMILES string of the molecule is COC(=O)c1ccc(OC)c(NC(=O)N2CCc3[nH]cnc3C2c2ccc(Cl)cc2)c1. The third-order valence-electron chi connectivity index (χ3n) is 5.23. The molecule has 0 aliphatic carbocycles. The van der Waals surface area contributed by atoms with Gasteiger partial charge in [0.2, 0.25) is 0 Å². The zero-order chi connectivity index (χ0) is 22.0. The van der Waals surface area contributed by atoms with Crippen LogP contribution in [0.25, 0.3) is 0 Å². The Balaban J connectivity index is 1.67. The number of methoxy groups -OCH3 is 2. The minimum atomic E-state index is -0.503. The number of halogens is 1. The third kappa shape index (κ3) is 4.06. The fourth-order valence-corrected chi connectivity index (χ4v) is 3.84. The van der Waals surface area contributed by atoms with Crippen molar-refractivity contribution in [1.82, 2.24) is 14.9 Å². The Labute approximate surface area is 184 Å². The first kappa shape index (κ1) is 20.7. The summed E-state index contributed by atoms with van der Waals surface area (Å²) in [5.74, 6) is -0.0714. The van der Waals surface area contributed by atoms with Crippen LogP contribution in [0.2, 0.25) is 5.02 Å². The zero-order valence-electron chi connectivity index (χ0n) is 17.0. The lowest BCUT2D eigenvalue weighted by Gasteiger charge is -2.35. The Morgan fingerprint density at radius 3 is 2.68 bits per heavy atom. The fraction of sp³-hybridized carbons (Fsp3) is 0.227. The van der Waals surface area contributed by atoms with E-state index in [9.17, 15) is 9.59 Å². The number of benzene rings is 2. The Morgan fingerprint density at radius 2 is 1.97 bits per heavy atom. The van der Waals surface area contributed by atoms with Crippen LogP contribution in [-0.4, -0.2) is 47.6 Å². The number of H-pyrrole nitrogens is 1. The van der Waals surface area contributed by atoms with Crippen molar-refractivity contribution in [2.24, 2.45) is 0 Å². The first-order valence-electron chi connectivity index (χ1n) is 9.63. The second-order valence-electron chi connectivity index (χ2n) is 7.00. The van der Waals surface area contributed by atoms with Crippen LogP contribution in [0, 0.1) is 0 Å². The molecule has 1 aliphatic rings. The minimum absolute atomic E-state index is 0.307. The summed E-state index contributed by atoms with van der Waals surface area (Å²) in [4.78, 5) is 34.6. The van der Waals surface area contributed by atoms with Crippen LogP contribution >= 0.6 is 11.6 Å². The van der Waals surface area contributed by atoms with Gasteiger partial charge in [-0.15, -0.1) is 0 Å². The van der Waals surface area contributed by atoms with Crippen LogP contribution in [0.1, 0.15) is 33.4 Å². The molecule has 0 bridgehead atoms. The molecule has 3 aromatic rings. The van der Waals surface area contributed by atoms with Crippen LogP contribution in [0.15, 0.2) is 48.8 Å². The Bertz CT molecular complexity index is 1110. The number of anilines is 1. The quantitative estimate of drug-likeness (QED) is 0.597. The number of fused-ring (bicyclic) bond motifs is 1. The van der Waals surface area contributed by atoms with Crippen molar-refractivity contribution >= 4 is 29.3 Å². The molecule has 1 atom stereocenters. The zero-order valence-corrected chi connectivity index (χ0v) is 17.8. The summed E-state index contributed by atoms with van der Waals surface area (Å²) in [5.41, 5.74) is 3.36. The molecular formula is C22H21ClN4O4. The molecule has 0 saturated carbocycles. The van der Waals surface area contributed by atoms with Gasteiger partial charge in [0.25, 0.3) is 0 Å². The summed E-state index contributed by atoms with van der Waals surface area (Å²) in [5, 5.41) is 3.49. The van der Waals surface area contributed by atoms with Gasteiger partial charge in [0.15, 0.2) is 0 Å². The largest absolute Gasteiger partial charge is 0.495 e. The number of amides is 2. The lowest BCUT2D eigenvalue weighted by atomic mass is 9.96. The van der Waals surface area contributed by atoms with Gasteiger partial charge >= 0.3 is 12.0 Å². The molecule has 0 saturated heterocycles. The number of aromatic nitrogens is 2. The van der Waals surface area contributed by atoms with Crippen molar-refractivity contribution in [2.75, 3.05) is 26.1 Å². The molecule has 0 spiro atoms. The smallest absolute Gasteiger partial charge is 0.337 e. The summed E-state index contributed by atoms with van der Waals surface area (Å²) >= 11 is 6.06. The highest BCUT2D eigenvalue weighted by Crippen LogP contribution is 2.35. The minimum Gasteiger partial charge on any atom is -0.495 e. The summed E-state index contributed by atoms with van der Waals surface area (Å²) in [6.45, 7) is 0.479. The van der Waals surface area contributed by atoms with Crippen LogP contribution in [0.4, 0.5) is 10.5 Å². The second kappa shape index (κ2) is 8.69. The first-order chi connectivity index (χ1) is 15.0. The number of carbonyl (C=O) groups excluding carboxylic acids is 2. The van der Waals surface area contributed by atoms with Crippen LogP contribution in [0.5, 0.6) is 5.75 Å². The van der Waals surface area contributed by atoms with Crippen molar-refractivity contribution in [2.45, 2.75) is 12.5 Å². The Hall–Kier alpha value is -3.52. The molecule has 2 N–H and O–H groups in total. The van der Waals surface area contributed by atoms with Gasteiger partial charge in [0, 0.05) is 23.7 Å². The number of nitrogens with one attached hydrogen (secondary N) is 2. The number of hydrogen-bond acceptors (Lipinski definition) is 5. The predicted molar refractivity (Wildman–Crippen MR) is 116 cm³/mol. The van der Waals surface area contributed by atoms with Gasteiger partial charge < -0.3 is 24.7 Å². The maximum Gasteiger partial charge on any atom is 0.337 e. The number of aromatic amines is 1. The monoisotopic (exact) mass is 440 g/mol. The van der Waals surface area contributed by atoms with Gasteiger partial charge in [0.1, 0.15) is 11.8 Å². The fourth-order valence-electron chi connectivity index (χ4n) is 3.72. The standard InChI is InChI=1S/C22H21ClN4O4/c1-30-18-8-5-14(21(28)31-2)11-17(18)26-22(29)27-10-9-16-19(25-12-24-16)20(27)13-3-6-15(23)7-4-13/h3-8,11-12,20H,9-10H2,1-2H3,(H,24,25)(H,26,29). The molecule has 2 aromatic carbocycles. The highest BCUT2D eigenvalue weighted by Gasteiger charge is 2.34. The molecule has 160 valence electrons. The van der Waals surface area contributed by atoms with Gasteiger partial charge in [-0.3, -0.25) is 0 Å². The van der Waals surface area contributed by atoms with Crippen molar-refractivity contribution in [3.8, 4) is 5.75 Å². The molecule has 9 heteroatoms. The van der Waals surface area contributed by atoms with E-state index in [1.165, 1.54) is 20.3 Å². The van der Waals surface area contributed by atoms with E-state index in [0.717, 1.165) is 17.0 Å². The second-order valence-corrected chi connectivity index (χ2v) is 7.44. The predicted octanol–water partition coefficient (Wildman–Crippen LogP) is 4.04. The molecule has 0 fully saturated rings. The average molecular weight is 441 g/mol. The average Bonchev–Trinajstić information content (AvgIpc) is 3.27. The summed E-state index contributed by atoms with van der Waals surface area (Å²) < 4.78 is 10.1. The molecule has 0 radical (unpaired) electrons. The Kier molecular flexibility index (Phi) is 5.81. The number of hydrogen-bond donors (Lipinski definition) is 2. The van der Waals surface area contributed by atoms with Crippen LogP contribution in [0.3, 0.4) is 0 Å². The topological polar surface area (TPSA) is 96.5 Å². The number of ether oxygens (including phenoxy) is 2. The van der Waals surface area contributed by atoms with Gasteiger partial charge in [-0.1, -0.05) is 23.7 Å². The van der Waals surface area contributed by atoms with E-state index in [1.54, 1.807) is 35.5 Å². The Morgan fingerprint density at radius 1 is 1.19 bits per heavy atom. The van der Waals surface area contributed by atoms with E-state index in [4.69, 9.17) is 21.1 Å². The first-order valence-corrected chi connectivity index (χ1v) is 10.0. The molecule has 2 amide bonds. The molecule has 8 nitrogen and oxygen atoms in total. The number of carbonyl (C=O) groups is 2. The van der Waals surface area contributed by atoms with Gasteiger partial charge in [-0.05, 0) is 35.9 Å². The molecule has 1 aromatic heterocycles. The van der Waals surface area contributed by atoms with Gasteiger partial charge in [0.05, 0.1) is 37.5 Å². The number of esters is 1. The maximum absolute atomic E-state index is 13.3. The lowest BCUT2D eigenvalue weighted by molar-refractivity contribution is 0.0600. The van der Waals surface area contributed by atoms with E-state index < -0.39 is 5.97 Å². The summed E-state index contributed by atoms with van der Waals surface area (Å²) in [6.07, 6.45) is 2.28. The van der Waals surface area contributed by atoms with Crippen molar-refractivity contribution < 1.29 is 19.1 Å². The van der Waals surface area contributed by atoms with Crippen molar-refractivity contribution in [1.29, 1.82) is 0 Å². The van der Waals surface area contributed by atoms with Crippen molar-refractivity contribution in [3.63, 3.8) is 0 Å². The van der Waals surface area contributed by atoms with E-state index in [1.807, 2.05) is 12.1 Å². The highest BCUT2D eigenvalue weighted by atomic mass is 35.5. The van der Waals surface area contributed by atoms with E-state index in [2.05, 4.69) is 15.3 Å². The highest BCUT2D eigenvalue weighted by molar-refractivity contribution is 6.30. The summed E-state index contributed by atoms with van der Waals surface area (Å²) in [6, 6.07) is 11.3. The number of nitrogens with zero attached hydrogens (tertiary/aromatic N) is 2. The third-order valence-corrected chi connectivity index (χ3v) is 5.49. The van der Waals surface area contributed by atoms with Gasteiger partial charge in [-0.25, -0.2) is 14.6 Å². The molecule has 1 aliphatic heterocycles. The van der Waals surface area contributed by atoms with E-state index >= 15 is 0 Å². The molecule has 31 heavy (non-hydrogen) atoms. The van der Waals surface area contributed by atoms with Crippen molar-refractivity contribution in [3.05, 3.63) is 76.3 Å². The van der Waals surface area contributed by atoms with Crippen LogP contribution < -0.4 is 10.1 Å².